The van der Waals surface area contributed by atoms with Crippen molar-refractivity contribution in [2.75, 3.05) is 18.5 Å². The maximum atomic E-state index is 8.93. The van der Waals surface area contributed by atoms with Crippen LogP contribution in [0.3, 0.4) is 0 Å². The van der Waals surface area contributed by atoms with E-state index in [0.717, 1.165) is 5.00 Å². The molecule has 0 saturated carbocycles. The van der Waals surface area contributed by atoms with Crippen molar-refractivity contribution in [3.05, 3.63) is 11.7 Å². The van der Waals surface area contributed by atoms with Crippen molar-refractivity contribution in [1.82, 2.24) is 4.98 Å². The van der Waals surface area contributed by atoms with E-state index in [1.807, 2.05) is 0 Å². The summed E-state index contributed by atoms with van der Waals surface area (Å²) in [5.74, 6) is 0. The van der Waals surface area contributed by atoms with E-state index in [9.17, 15) is 0 Å². The summed E-state index contributed by atoms with van der Waals surface area (Å²) >= 11 is 1.46. The Kier molecular flexibility index (Phi) is 3.28. The highest BCUT2D eigenvalue weighted by atomic mass is 32.1. The fourth-order valence-electron chi connectivity index (χ4n) is 0.586. The van der Waals surface area contributed by atoms with Gasteiger partial charge in [0.25, 0.3) is 0 Å². The number of hydrogen-bond acceptors (Lipinski definition) is 5. The Hall–Kier alpha value is -0.650. The molecule has 1 unspecified atom stereocenters. The van der Waals surface area contributed by atoms with Crippen LogP contribution in [0, 0.1) is 0 Å². The number of nitrogens with zero attached hydrogens (tertiary/aromatic N) is 1. The molecule has 1 aromatic heterocycles. The van der Waals surface area contributed by atoms with Gasteiger partial charge in [-0.25, -0.2) is 0 Å². The quantitative estimate of drug-likeness (QED) is 0.597. The van der Waals surface area contributed by atoms with Gasteiger partial charge in [0.2, 0.25) is 0 Å². The molecule has 62 valence electrons. The van der Waals surface area contributed by atoms with Crippen LogP contribution in [-0.2, 0) is 0 Å². The summed E-state index contributed by atoms with van der Waals surface area (Å²) in [6, 6.07) is 0. The average Bonchev–Trinajstić information content (AvgIpc) is 2.52. The van der Waals surface area contributed by atoms with Crippen LogP contribution in [0.25, 0.3) is 0 Å². The van der Waals surface area contributed by atoms with Gasteiger partial charge in [0, 0.05) is 6.54 Å². The molecule has 1 atom stereocenters. The van der Waals surface area contributed by atoms with Crippen molar-refractivity contribution >= 4 is 16.3 Å². The van der Waals surface area contributed by atoms with Gasteiger partial charge in [-0.05, 0) is 0 Å². The van der Waals surface area contributed by atoms with Crippen LogP contribution in [0.2, 0.25) is 0 Å². The minimum absolute atomic E-state index is 0.216. The van der Waals surface area contributed by atoms with E-state index in [-0.39, 0.29) is 6.61 Å². The molecule has 0 radical (unpaired) electrons. The molecular weight excluding hydrogens is 164 g/mol. The van der Waals surface area contributed by atoms with Gasteiger partial charge in [0.1, 0.15) is 5.00 Å². The fourth-order valence-corrected chi connectivity index (χ4v) is 1.11. The molecule has 0 aromatic carbocycles. The SMILES string of the molecule is OCC(O)CNc1cncs1. The summed E-state index contributed by atoms with van der Waals surface area (Å²) in [5, 5.41) is 21.2. The van der Waals surface area contributed by atoms with Gasteiger partial charge in [-0.1, -0.05) is 0 Å². The number of rotatable bonds is 4. The molecule has 0 saturated heterocycles. The molecule has 0 bridgehead atoms. The zero-order chi connectivity index (χ0) is 8.10. The Morgan fingerprint density at radius 2 is 2.55 bits per heavy atom. The summed E-state index contributed by atoms with van der Waals surface area (Å²) < 4.78 is 0. The fraction of sp³-hybridized carbons (Fsp3) is 0.500. The minimum Gasteiger partial charge on any atom is -0.394 e. The van der Waals surface area contributed by atoms with E-state index in [1.54, 1.807) is 11.7 Å². The Morgan fingerprint density at radius 3 is 3.09 bits per heavy atom. The largest absolute Gasteiger partial charge is 0.394 e. The molecule has 1 aromatic rings. The summed E-state index contributed by atoms with van der Waals surface area (Å²) in [5.41, 5.74) is 1.70. The highest BCUT2D eigenvalue weighted by Gasteiger charge is 2.00. The van der Waals surface area contributed by atoms with Crippen LogP contribution in [0.1, 0.15) is 0 Å². The minimum atomic E-state index is -0.697. The Bertz CT molecular complexity index is 190. The van der Waals surface area contributed by atoms with Crippen LogP contribution < -0.4 is 5.32 Å². The van der Waals surface area contributed by atoms with Gasteiger partial charge >= 0.3 is 0 Å². The molecule has 11 heavy (non-hydrogen) atoms. The average molecular weight is 174 g/mol. The van der Waals surface area contributed by atoms with Crippen molar-refractivity contribution in [3.8, 4) is 0 Å². The predicted molar refractivity (Wildman–Crippen MR) is 43.7 cm³/mol. The summed E-state index contributed by atoms with van der Waals surface area (Å²) in [7, 11) is 0. The molecule has 0 aliphatic heterocycles. The predicted octanol–water partition coefficient (Wildman–Crippen LogP) is -0.0918. The first-order chi connectivity index (χ1) is 5.33. The van der Waals surface area contributed by atoms with E-state index < -0.39 is 6.10 Å². The molecule has 0 aliphatic carbocycles. The van der Waals surface area contributed by atoms with Crippen LogP contribution in [0.15, 0.2) is 11.7 Å². The smallest absolute Gasteiger partial charge is 0.108 e. The second kappa shape index (κ2) is 4.27. The van der Waals surface area contributed by atoms with E-state index in [0.29, 0.717) is 6.54 Å². The van der Waals surface area contributed by atoms with Gasteiger partial charge < -0.3 is 15.5 Å². The van der Waals surface area contributed by atoms with E-state index >= 15 is 0 Å². The molecule has 1 rings (SSSR count). The molecule has 5 heteroatoms. The number of aliphatic hydroxyl groups excluding tert-OH is 2. The molecule has 0 spiro atoms. The third-order valence-corrected chi connectivity index (χ3v) is 1.89. The molecule has 4 nitrogen and oxygen atoms in total. The molecule has 0 amide bonds. The number of aliphatic hydroxyl groups is 2. The molecule has 0 aliphatic rings. The van der Waals surface area contributed by atoms with Gasteiger partial charge in [-0.15, -0.1) is 11.3 Å². The summed E-state index contributed by atoms with van der Waals surface area (Å²) in [6.07, 6.45) is 0.978. The van der Waals surface area contributed by atoms with E-state index in [1.165, 1.54) is 11.3 Å². The topological polar surface area (TPSA) is 65.4 Å². The zero-order valence-electron chi connectivity index (χ0n) is 5.90. The second-order valence-corrected chi connectivity index (χ2v) is 2.97. The Labute approximate surface area is 68.5 Å². The Balaban J connectivity index is 2.23. The second-order valence-electron chi connectivity index (χ2n) is 2.08. The standard InChI is InChI=1S/C6H10N2O2S/c9-3-5(10)1-8-6-2-7-4-11-6/h2,4-5,8-10H,1,3H2. The van der Waals surface area contributed by atoms with Gasteiger partial charge in [-0.3, -0.25) is 4.98 Å². The maximum Gasteiger partial charge on any atom is 0.108 e. The number of hydrogen-bond donors (Lipinski definition) is 3. The number of aromatic nitrogens is 1. The first-order valence-electron chi connectivity index (χ1n) is 3.24. The highest BCUT2D eigenvalue weighted by Crippen LogP contribution is 2.11. The molecule has 1 heterocycles. The monoisotopic (exact) mass is 174 g/mol. The molecule has 3 N–H and O–H groups in total. The van der Waals surface area contributed by atoms with Crippen molar-refractivity contribution in [2.24, 2.45) is 0 Å². The van der Waals surface area contributed by atoms with Crippen molar-refractivity contribution in [2.45, 2.75) is 6.10 Å². The molecular formula is C6H10N2O2S. The first-order valence-corrected chi connectivity index (χ1v) is 4.12. The van der Waals surface area contributed by atoms with Gasteiger partial charge in [-0.2, -0.15) is 0 Å². The lowest BCUT2D eigenvalue weighted by atomic mass is 10.4. The van der Waals surface area contributed by atoms with Crippen LogP contribution >= 0.6 is 11.3 Å². The lowest BCUT2D eigenvalue weighted by Gasteiger charge is -2.06. The Morgan fingerprint density at radius 1 is 1.73 bits per heavy atom. The zero-order valence-corrected chi connectivity index (χ0v) is 6.71. The molecule has 0 fully saturated rings. The lowest BCUT2D eigenvalue weighted by Crippen LogP contribution is -2.22. The third-order valence-electron chi connectivity index (χ3n) is 1.15. The van der Waals surface area contributed by atoms with Gasteiger partial charge in [0.05, 0.1) is 24.4 Å². The van der Waals surface area contributed by atoms with Crippen molar-refractivity contribution in [1.29, 1.82) is 0 Å². The van der Waals surface area contributed by atoms with Gasteiger partial charge in [0.15, 0.2) is 0 Å². The maximum absolute atomic E-state index is 8.93. The van der Waals surface area contributed by atoms with E-state index in [4.69, 9.17) is 10.2 Å². The van der Waals surface area contributed by atoms with Crippen LogP contribution in [0.5, 0.6) is 0 Å². The summed E-state index contributed by atoms with van der Waals surface area (Å²) in [4.78, 5) is 3.84. The van der Waals surface area contributed by atoms with Crippen LogP contribution in [-0.4, -0.2) is 34.5 Å². The highest BCUT2D eigenvalue weighted by molar-refractivity contribution is 7.13. The number of anilines is 1. The summed E-state index contributed by atoms with van der Waals surface area (Å²) in [6.45, 7) is 0.143. The number of nitrogens with one attached hydrogen (secondary N) is 1. The first kappa shape index (κ1) is 8.45. The third kappa shape index (κ3) is 2.83. The van der Waals surface area contributed by atoms with E-state index in [2.05, 4.69) is 10.3 Å². The lowest BCUT2D eigenvalue weighted by molar-refractivity contribution is 0.105. The normalized spacial score (nSPS) is 12.9. The number of thiazole rings is 1. The van der Waals surface area contributed by atoms with Crippen LogP contribution in [0.4, 0.5) is 5.00 Å². The van der Waals surface area contributed by atoms with Crippen molar-refractivity contribution < 1.29 is 10.2 Å². The van der Waals surface area contributed by atoms with Crippen molar-refractivity contribution in [3.63, 3.8) is 0 Å².